The topological polar surface area (TPSA) is 59.8 Å². The van der Waals surface area contributed by atoms with Crippen LogP contribution >= 0.6 is 11.6 Å². The van der Waals surface area contributed by atoms with Crippen LogP contribution in [0.4, 0.5) is 0 Å². The smallest absolute Gasteiger partial charge is 0.291 e. The first-order valence-electron chi connectivity index (χ1n) is 8.81. The highest BCUT2D eigenvalue weighted by molar-refractivity contribution is 6.30. The number of nitrogens with zero attached hydrogens (tertiary/aromatic N) is 3. The largest absolute Gasteiger partial charge is 0.345 e. The molecule has 0 bridgehead atoms. The van der Waals surface area contributed by atoms with Crippen LogP contribution in [-0.2, 0) is 6.54 Å². The predicted molar refractivity (Wildman–Crippen MR) is 109 cm³/mol. The highest BCUT2D eigenvalue weighted by Gasteiger charge is 2.18. The van der Waals surface area contributed by atoms with Gasteiger partial charge in [-0.15, -0.1) is 5.10 Å². The van der Waals surface area contributed by atoms with Crippen molar-refractivity contribution in [3.8, 4) is 17.1 Å². The molecule has 138 valence electrons. The molecule has 0 saturated heterocycles. The van der Waals surface area contributed by atoms with Crippen LogP contribution in [0.5, 0.6) is 0 Å². The average Bonchev–Trinajstić information content (AvgIpc) is 3.19. The molecule has 1 N–H and O–H groups in total. The number of amides is 1. The third-order valence-electron chi connectivity index (χ3n) is 4.21. The van der Waals surface area contributed by atoms with Crippen molar-refractivity contribution < 1.29 is 4.79 Å². The highest BCUT2D eigenvalue weighted by atomic mass is 35.5. The maximum absolute atomic E-state index is 12.6. The molecule has 1 heterocycles. The van der Waals surface area contributed by atoms with E-state index in [0.717, 1.165) is 16.8 Å². The van der Waals surface area contributed by atoms with Gasteiger partial charge in [-0.05, 0) is 29.8 Å². The zero-order valence-corrected chi connectivity index (χ0v) is 15.7. The lowest BCUT2D eigenvalue weighted by atomic mass is 10.2. The molecule has 0 aliphatic rings. The fourth-order valence-corrected chi connectivity index (χ4v) is 2.93. The van der Waals surface area contributed by atoms with Gasteiger partial charge in [0.1, 0.15) is 0 Å². The van der Waals surface area contributed by atoms with Crippen LogP contribution in [0.15, 0.2) is 84.9 Å². The van der Waals surface area contributed by atoms with Crippen LogP contribution in [0.3, 0.4) is 0 Å². The molecule has 0 atom stereocenters. The van der Waals surface area contributed by atoms with Crippen LogP contribution < -0.4 is 5.32 Å². The van der Waals surface area contributed by atoms with Gasteiger partial charge in [0.2, 0.25) is 5.82 Å². The quantitative estimate of drug-likeness (QED) is 0.547. The van der Waals surface area contributed by atoms with Gasteiger partial charge in [-0.25, -0.2) is 9.67 Å². The second kappa shape index (κ2) is 8.06. The summed E-state index contributed by atoms with van der Waals surface area (Å²) >= 11 is 6.00. The Bertz CT molecular complexity index is 1080. The van der Waals surface area contributed by atoms with Gasteiger partial charge in [0, 0.05) is 17.1 Å². The molecule has 28 heavy (non-hydrogen) atoms. The molecule has 0 spiro atoms. The monoisotopic (exact) mass is 388 g/mol. The standard InChI is InChI=1S/C22H17ClN4O/c23-18-11-13-19(14-12-18)27-21(17-9-5-2-6-10-17)25-20(26-27)22(28)24-15-16-7-3-1-4-8-16/h1-14H,15H2,(H,24,28). The van der Waals surface area contributed by atoms with Gasteiger partial charge in [0.05, 0.1) is 5.69 Å². The van der Waals surface area contributed by atoms with Gasteiger partial charge in [-0.1, -0.05) is 72.3 Å². The summed E-state index contributed by atoms with van der Waals surface area (Å²) in [4.78, 5) is 17.1. The molecule has 0 saturated carbocycles. The van der Waals surface area contributed by atoms with E-state index >= 15 is 0 Å². The van der Waals surface area contributed by atoms with Crippen molar-refractivity contribution in [1.29, 1.82) is 0 Å². The number of aromatic nitrogens is 3. The summed E-state index contributed by atoms with van der Waals surface area (Å²) < 4.78 is 1.66. The van der Waals surface area contributed by atoms with Gasteiger partial charge in [0.15, 0.2) is 5.82 Å². The maximum Gasteiger partial charge on any atom is 0.291 e. The average molecular weight is 389 g/mol. The third kappa shape index (κ3) is 3.94. The van der Waals surface area contributed by atoms with E-state index in [9.17, 15) is 4.79 Å². The van der Waals surface area contributed by atoms with Crippen molar-refractivity contribution in [2.45, 2.75) is 6.54 Å². The minimum Gasteiger partial charge on any atom is -0.345 e. The Balaban J connectivity index is 1.66. The van der Waals surface area contributed by atoms with Gasteiger partial charge >= 0.3 is 0 Å². The molecule has 1 amide bonds. The summed E-state index contributed by atoms with van der Waals surface area (Å²) in [5.41, 5.74) is 2.65. The number of carbonyl (C=O) groups is 1. The molecule has 0 unspecified atom stereocenters. The molecule has 0 aliphatic heterocycles. The fraction of sp³-hybridized carbons (Fsp3) is 0.0455. The molecule has 5 nitrogen and oxygen atoms in total. The van der Waals surface area contributed by atoms with Gasteiger partial charge in [-0.3, -0.25) is 4.79 Å². The number of carbonyl (C=O) groups excluding carboxylic acids is 1. The molecule has 3 aromatic carbocycles. The van der Waals surface area contributed by atoms with Crippen LogP contribution in [-0.4, -0.2) is 20.7 Å². The number of halogens is 1. The number of hydrogen-bond acceptors (Lipinski definition) is 3. The van der Waals surface area contributed by atoms with Gasteiger partial charge in [0.25, 0.3) is 5.91 Å². The van der Waals surface area contributed by atoms with E-state index in [1.807, 2.05) is 72.8 Å². The minimum atomic E-state index is -0.325. The first-order valence-corrected chi connectivity index (χ1v) is 9.19. The molecule has 1 aromatic heterocycles. The van der Waals surface area contributed by atoms with E-state index in [4.69, 9.17) is 11.6 Å². The van der Waals surface area contributed by atoms with Gasteiger partial charge < -0.3 is 5.32 Å². The fourth-order valence-electron chi connectivity index (χ4n) is 2.80. The van der Waals surface area contributed by atoms with Crippen LogP contribution in [0, 0.1) is 0 Å². The van der Waals surface area contributed by atoms with Crippen molar-refractivity contribution in [3.63, 3.8) is 0 Å². The van der Waals surface area contributed by atoms with Crippen molar-refractivity contribution >= 4 is 17.5 Å². The molecule has 0 aliphatic carbocycles. The third-order valence-corrected chi connectivity index (χ3v) is 4.46. The van der Waals surface area contributed by atoms with E-state index in [0.29, 0.717) is 17.4 Å². The van der Waals surface area contributed by atoms with E-state index in [1.165, 1.54) is 0 Å². The molecule has 4 rings (SSSR count). The molecular weight excluding hydrogens is 372 g/mol. The summed E-state index contributed by atoms with van der Waals surface area (Å²) in [6.07, 6.45) is 0. The lowest BCUT2D eigenvalue weighted by Crippen LogP contribution is -2.24. The Hall–Kier alpha value is -3.44. The molecule has 6 heteroatoms. The van der Waals surface area contributed by atoms with E-state index in [-0.39, 0.29) is 11.7 Å². The van der Waals surface area contributed by atoms with Crippen LogP contribution in [0.25, 0.3) is 17.1 Å². The van der Waals surface area contributed by atoms with Crippen LogP contribution in [0.1, 0.15) is 16.2 Å². The minimum absolute atomic E-state index is 0.115. The lowest BCUT2D eigenvalue weighted by molar-refractivity contribution is 0.0940. The second-order valence-corrected chi connectivity index (χ2v) is 6.62. The summed E-state index contributed by atoms with van der Waals surface area (Å²) in [5, 5.41) is 7.95. The lowest BCUT2D eigenvalue weighted by Gasteiger charge is -2.05. The summed E-state index contributed by atoms with van der Waals surface area (Å²) in [5.74, 6) is 0.381. The molecule has 0 radical (unpaired) electrons. The zero-order valence-electron chi connectivity index (χ0n) is 14.9. The van der Waals surface area contributed by atoms with Gasteiger partial charge in [-0.2, -0.15) is 0 Å². The molecule has 0 fully saturated rings. The Morgan fingerprint density at radius 2 is 1.54 bits per heavy atom. The Kier molecular flexibility index (Phi) is 5.17. The van der Waals surface area contributed by atoms with E-state index < -0.39 is 0 Å². The Morgan fingerprint density at radius 3 is 2.21 bits per heavy atom. The Morgan fingerprint density at radius 1 is 0.893 bits per heavy atom. The van der Waals surface area contributed by atoms with E-state index in [1.54, 1.807) is 16.8 Å². The number of nitrogens with one attached hydrogen (secondary N) is 1. The number of rotatable bonds is 5. The maximum atomic E-state index is 12.6. The van der Waals surface area contributed by atoms with Crippen molar-refractivity contribution in [3.05, 3.63) is 101 Å². The second-order valence-electron chi connectivity index (χ2n) is 6.18. The SMILES string of the molecule is O=C(NCc1ccccc1)c1nc(-c2ccccc2)n(-c2ccc(Cl)cc2)n1. The number of benzene rings is 3. The zero-order chi connectivity index (χ0) is 19.3. The first kappa shape index (κ1) is 17.9. The summed E-state index contributed by atoms with van der Waals surface area (Å²) in [7, 11) is 0. The predicted octanol–water partition coefficient (Wildman–Crippen LogP) is 4.52. The Labute approximate surface area is 167 Å². The van der Waals surface area contributed by atoms with Crippen molar-refractivity contribution in [1.82, 2.24) is 20.1 Å². The number of hydrogen-bond donors (Lipinski definition) is 1. The summed E-state index contributed by atoms with van der Waals surface area (Å²) in [6.45, 7) is 0.413. The molecular formula is C22H17ClN4O. The van der Waals surface area contributed by atoms with Crippen LogP contribution in [0.2, 0.25) is 5.02 Å². The molecule has 4 aromatic rings. The highest BCUT2D eigenvalue weighted by Crippen LogP contribution is 2.22. The van der Waals surface area contributed by atoms with Crippen molar-refractivity contribution in [2.24, 2.45) is 0 Å². The normalized spacial score (nSPS) is 10.6. The summed E-state index contributed by atoms with van der Waals surface area (Å²) in [6, 6.07) is 26.6. The van der Waals surface area contributed by atoms with Crippen molar-refractivity contribution in [2.75, 3.05) is 0 Å². The first-order chi connectivity index (χ1) is 13.7. The van der Waals surface area contributed by atoms with E-state index in [2.05, 4.69) is 15.4 Å².